The summed E-state index contributed by atoms with van der Waals surface area (Å²) in [5, 5.41) is 2.44. The maximum Gasteiger partial charge on any atom is 0.159 e. The topological polar surface area (TPSA) is 41.9 Å². The monoisotopic (exact) mass is 366 g/mol. The molecule has 0 bridgehead atoms. The summed E-state index contributed by atoms with van der Waals surface area (Å²) in [4.78, 5) is 16.3. The summed E-state index contributed by atoms with van der Waals surface area (Å²) in [7, 11) is 0. The van der Waals surface area contributed by atoms with Crippen LogP contribution in [0, 0.1) is 0 Å². The molecule has 28 heavy (non-hydrogen) atoms. The Balaban J connectivity index is 1.34. The zero-order valence-electron chi connectivity index (χ0n) is 15.7. The van der Waals surface area contributed by atoms with Gasteiger partial charge in [-0.15, -0.1) is 0 Å². The summed E-state index contributed by atoms with van der Waals surface area (Å²) >= 11 is 0. The Morgan fingerprint density at radius 1 is 0.857 bits per heavy atom. The average molecular weight is 366 g/mol. The van der Waals surface area contributed by atoms with E-state index in [4.69, 9.17) is 0 Å². The van der Waals surface area contributed by atoms with Gasteiger partial charge in [0.05, 0.1) is 11.7 Å². The first-order valence-corrected chi connectivity index (χ1v) is 9.82. The Labute approximate surface area is 164 Å². The first-order chi connectivity index (χ1) is 13.9. The number of fused-ring (bicyclic) bond motifs is 1. The minimum Gasteiger partial charge on any atom is -0.290 e. The number of likely N-dealkylation sites (tertiary alicyclic amines) is 1. The van der Waals surface area contributed by atoms with E-state index < -0.39 is 0 Å². The van der Waals surface area contributed by atoms with Gasteiger partial charge in [0.1, 0.15) is 0 Å². The van der Waals surface area contributed by atoms with E-state index in [9.17, 15) is 0 Å². The molecule has 1 aliphatic rings. The second kappa shape index (κ2) is 7.49. The van der Waals surface area contributed by atoms with Crippen molar-refractivity contribution in [2.45, 2.75) is 25.4 Å². The van der Waals surface area contributed by atoms with E-state index in [0.29, 0.717) is 6.04 Å². The molecule has 1 atom stereocenters. The zero-order valence-corrected chi connectivity index (χ0v) is 15.7. The Morgan fingerprint density at radius 2 is 1.68 bits per heavy atom. The van der Waals surface area contributed by atoms with Crippen LogP contribution in [0.2, 0.25) is 0 Å². The third-order valence-electron chi connectivity index (χ3n) is 5.49. The van der Waals surface area contributed by atoms with Crippen LogP contribution in [0.1, 0.15) is 30.1 Å². The third kappa shape index (κ3) is 3.39. The van der Waals surface area contributed by atoms with Crippen molar-refractivity contribution < 1.29 is 0 Å². The van der Waals surface area contributed by atoms with Gasteiger partial charge >= 0.3 is 0 Å². The van der Waals surface area contributed by atoms with Crippen LogP contribution in [0.15, 0.2) is 79.3 Å². The molecule has 0 aliphatic carbocycles. The van der Waals surface area contributed by atoms with Gasteiger partial charge in [-0.2, -0.15) is 0 Å². The molecule has 0 N–H and O–H groups in total. The van der Waals surface area contributed by atoms with Gasteiger partial charge in [-0.1, -0.05) is 42.5 Å². The number of aromatic nitrogens is 3. The molecular weight excluding hydrogens is 344 g/mol. The molecule has 0 saturated carbocycles. The molecule has 0 spiro atoms. The van der Waals surface area contributed by atoms with Gasteiger partial charge in [-0.05, 0) is 48.4 Å². The fraction of sp³-hybridized carbons (Fsp3) is 0.208. The maximum absolute atomic E-state index is 4.64. The zero-order chi connectivity index (χ0) is 18.8. The van der Waals surface area contributed by atoms with Gasteiger partial charge in [0, 0.05) is 36.3 Å². The molecule has 3 heterocycles. The molecule has 1 aliphatic heterocycles. The van der Waals surface area contributed by atoms with Crippen LogP contribution >= 0.6 is 0 Å². The van der Waals surface area contributed by atoms with Gasteiger partial charge in [0.15, 0.2) is 5.82 Å². The highest BCUT2D eigenvalue weighted by atomic mass is 15.2. The Kier molecular flexibility index (Phi) is 4.55. The minimum absolute atomic E-state index is 0.390. The van der Waals surface area contributed by atoms with Crippen LogP contribution in [-0.2, 0) is 6.54 Å². The molecular formula is C24H22N4. The quantitative estimate of drug-likeness (QED) is 0.508. The molecule has 138 valence electrons. The Morgan fingerprint density at radius 3 is 2.50 bits per heavy atom. The highest BCUT2D eigenvalue weighted by molar-refractivity contribution is 5.86. The van der Waals surface area contributed by atoms with Crippen molar-refractivity contribution >= 4 is 10.8 Å². The van der Waals surface area contributed by atoms with Crippen LogP contribution in [0.5, 0.6) is 0 Å². The van der Waals surface area contributed by atoms with E-state index in [0.717, 1.165) is 42.2 Å². The van der Waals surface area contributed by atoms with Crippen molar-refractivity contribution in [1.29, 1.82) is 0 Å². The Bertz CT molecular complexity index is 1080. The lowest BCUT2D eigenvalue weighted by molar-refractivity contribution is 0.244. The summed E-state index contributed by atoms with van der Waals surface area (Å²) in [6.45, 7) is 1.95. The minimum atomic E-state index is 0.390. The van der Waals surface area contributed by atoms with Crippen LogP contribution in [0.25, 0.3) is 22.2 Å². The van der Waals surface area contributed by atoms with Gasteiger partial charge in [-0.25, -0.2) is 9.97 Å². The number of rotatable bonds is 4. The van der Waals surface area contributed by atoms with Crippen LogP contribution in [0.4, 0.5) is 0 Å². The van der Waals surface area contributed by atoms with E-state index in [-0.39, 0.29) is 0 Å². The summed E-state index contributed by atoms with van der Waals surface area (Å²) in [6.07, 6.45) is 8.17. The molecule has 0 radical (unpaired) electrons. The summed E-state index contributed by atoms with van der Waals surface area (Å²) in [5.74, 6) is 0.775. The standard InChI is InChI=1S/C24H22N4/c1-2-7-20-14-21(11-10-19(20)6-1)24-26-15-18(16-27-24)17-28-13-5-9-23(28)22-8-3-4-12-25-22/h1-4,6-8,10-12,14-16,23H,5,9,13,17H2/t23-/m0/s1. The van der Waals surface area contributed by atoms with E-state index >= 15 is 0 Å². The van der Waals surface area contributed by atoms with Gasteiger partial charge in [0.2, 0.25) is 0 Å². The SMILES string of the molecule is c1ccc([C@@H]2CCCN2Cc2cnc(-c3ccc4ccccc4c3)nc2)nc1. The smallest absolute Gasteiger partial charge is 0.159 e. The largest absolute Gasteiger partial charge is 0.290 e. The maximum atomic E-state index is 4.64. The first-order valence-electron chi connectivity index (χ1n) is 9.82. The van der Waals surface area contributed by atoms with E-state index in [1.807, 2.05) is 24.7 Å². The Hall–Kier alpha value is -3.11. The molecule has 2 aromatic carbocycles. The normalized spacial score (nSPS) is 17.2. The lowest BCUT2D eigenvalue weighted by atomic mass is 10.1. The highest BCUT2D eigenvalue weighted by Crippen LogP contribution is 2.31. The predicted octanol–water partition coefficient (Wildman–Crippen LogP) is 5.03. The van der Waals surface area contributed by atoms with Crippen molar-refractivity contribution in [3.8, 4) is 11.4 Å². The molecule has 2 aromatic heterocycles. The predicted molar refractivity (Wildman–Crippen MR) is 112 cm³/mol. The number of benzene rings is 2. The molecule has 4 nitrogen and oxygen atoms in total. The fourth-order valence-corrected chi connectivity index (χ4v) is 4.07. The van der Waals surface area contributed by atoms with Gasteiger partial charge in [-0.3, -0.25) is 9.88 Å². The highest BCUT2D eigenvalue weighted by Gasteiger charge is 2.26. The van der Waals surface area contributed by atoms with E-state index in [1.54, 1.807) is 0 Å². The summed E-state index contributed by atoms with van der Waals surface area (Å²) in [5.41, 5.74) is 3.36. The van der Waals surface area contributed by atoms with Crippen molar-refractivity contribution in [3.63, 3.8) is 0 Å². The van der Waals surface area contributed by atoms with Gasteiger partial charge < -0.3 is 0 Å². The van der Waals surface area contributed by atoms with E-state index in [1.165, 1.54) is 17.2 Å². The van der Waals surface area contributed by atoms with Crippen LogP contribution in [-0.4, -0.2) is 26.4 Å². The second-order valence-corrected chi connectivity index (χ2v) is 7.36. The molecule has 1 fully saturated rings. The van der Waals surface area contributed by atoms with Crippen molar-refractivity contribution in [3.05, 3.63) is 90.5 Å². The van der Waals surface area contributed by atoms with Crippen molar-refractivity contribution in [2.24, 2.45) is 0 Å². The number of hydrogen-bond donors (Lipinski definition) is 0. The summed E-state index contributed by atoms with van der Waals surface area (Å²) < 4.78 is 0. The number of hydrogen-bond acceptors (Lipinski definition) is 4. The number of pyridine rings is 1. The van der Waals surface area contributed by atoms with Gasteiger partial charge in [0.25, 0.3) is 0 Å². The summed E-state index contributed by atoms with van der Waals surface area (Å²) in [6, 6.07) is 21.3. The molecule has 4 heteroatoms. The fourth-order valence-electron chi connectivity index (χ4n) is 4.07. The van der Waals surface area contributed by atoms with Crippen molar-refractivity contribution in [2.75, 3.05) is 6.54 Å². The number of nitrogens with zero attached hydrogens (tertiary/aromatic N) is 4. The molecule has 0 amide bonds. The lowest BCUT2D eigenvalue weighted by Crippen LogP contribution is -2.23. The van der Waals surface area contributed by atoms with Crippen molar-refractivity contribution in [1.82, 2.24) is 19.9 Å². The third-order valence-corrected chi connectivity index (χ3v) is 5.49. The second-order valence-electron chi connectivity index (χ2n) is 7.36. The van der Waals surface area contributed by atoms with Crippen LogP contribution < -0.4 is 0 Å². The molecule has 4 aromatic rings. The molecule has 5 rings (SSSR count). The van der Waals surface area contributed by atoms with Crippen LogP contribution in [0.3, 0.4) is 0 Å². The van der Waals surface area contributed by atoms with E-state index in [2.05, 4.69) is 74.4 Å². The first kappa shape index (κ1) is 17.0. The average Bonchev–Trinajstić information content (AvgIpc) is 3.23. The molecule has 1 saturated heterocycles. The molecule has 0 unspecified atom stereocenters. The lowest BCUT2D eigenvalue weighted by Gasteiger charge is -2.23.